The van der Waals surface area contributed by atoms with Crippen molar-refractivity contribution in [2.24, 2.45) is 0 Å². The molecule has 0 amide bonds. The summed E-state index contributed by atoms with van der Waals surface area (Å²) in [6.45, 7) is 6.48. The molecule has 2 rings (SSSR count). The Balaban J connectivity index is 2.30. The Kier molecular flexibility index (Phi) is 4.15. The van der Waals surface area contributed by atoms with Crippen LogP contribution in [0.25, 0.3) is 0 Å². The molecule has 1 aromatic carbocycles. The van der Waals surface area contributed by atoms with E-state index in [0.717, 1.165) is 29.9 Å². The molecule has 3 nitrogen and oxygen atoms in total. The molecule has 0 unspecified atom stereocenters. The van der Waals surface area contributed by atoms with E-state index < -0.39 is 0 Å². The lowest BCUT2D eigenvalue weighted by molar-refractivity contribution is 0.604. The summed E-state index contributed by atoms with van der Waals surface area (Å²) in [6, 6.07) is 10.2. The Bertz CT molecular complexity index is 615. The average Bonchev–Trinajstić information content (AvgIpc) is 2.44. The number of hydrogen-bond acceptors (Lipinski definition) is 2. The summed E-state index contributed by atoms with van der Waals surface area (Å²) < 4.78 is 1.81. The Morgan fingerprint density at radius 1 is 1.16 bits per heavy atom. The number of hydrogen-bond donors (Lipinski definition) is 0. The molecule has 0 saturated carbocycles. The lowest BCUT2D eigenvalue weighted by Gasteiger charge is -2.13. The lowest BCUT2D eigenvalue weighted by Crippen LogP contribution is -2.28. The van der Waals surface area contributed by atoms with Crippen LogP contribution in [0.3, 0.4) is 0 Å². The van der Waals surface area contributed by atoms with Crippen molar-refractivity contribution in [2.45, 2.75) is 40.2 Å². The largest absolute Gasteiger partial charge is 0.296 e. The molecule has 2 aromatic rings. The van der Waals surface area contributed by atoms with Crippen molar-refractivity contribution in [1.82, 2.24) is 9.55 Å². The van der Waals surface area contributed by atoms with Crippen molar-refractivity contribution >= 4 is 0 Å². The summed E-state index contributed by atoms with van der Waals surface area (Å²) in [5, 5.41) is 0. The van der Waals surface area contributed by atoms with Gasteiger partial charge in [0.15, 0.2) is 0 Å². The molecular weight excluding hydrogens is 236 g/mol. The van der Waals surface area contributed by atoms with Gasteiger partial charge in [-0.15, -0.1) is 0 Å². The smallest absolute Gasteiger partial charge is 0.256 e. The number of benzene rings is 1. The van der Waals surface area contributed by atoms with Crippen LogP contribution in [-0.4, -0.2) is 9.55 Å². The number of nitrogens with zero attached hydrogens (tertiary/aromatic N) is 2. The van der Waals surface area contributed by atoms with E-state index in [1.54, 1.807) is 0 Å². The molecule has 1 aromatic heterocycles. The second kappa shape index (κ2) is 5.83. The predicted molar refractivity (Wildman–Crippen MR) is 77.5 cm³/mol. The van der Waals surface area contributed by atoms with Gasteiger partial charge >= 0.3 is 0 Å². The molecule has 0 aliphatic carbocycles. The van der Waals surface area contributed by atoms with Crippen molar-refractivity contribution in [3.05, 3.63) is 63.3 Å². The highest BCUT2D eigenvalue weighted by atomic mass is 16.1. The summed E-state index contributed by atoms with van der Waals surface area (Å²) in [6.07, 6.45) is 1.64. The van der Waals surface area contributed by atoms with E-state index in [1.165, 1.54) is 5.56 Å². The van der Waals surface area contributed by atoms with Crippen LogP contribution in [0.2, 0.25) is 0 Å². The molecule has 0 atom stereocenters. The van der Waals surface area contributed by atoms with E-state index in [4.69, 9.17) is 0 Å². The van der Waals surface area contributed by atoms with Crippen LogP contribution in [0.15, 0.2) is 35.1 Å². The van der Waals surface area contributed by atoms with Gasteiger partial charge in [-0.1, -0.05) is 37.3 Å². The summed E-state index contributed by atoms with van der Waals surface area (Å²) in [5.74, 6) is 0.879. The van der Waals surface area contributed by atoms with E-state index in [0.29, 0.717) is 6.54 Å². The minimum absolute atomic E-state index is 0.0975. The molecule has 3 heteroatoms. The van der Waals surface area contributed by atoms with Crippen molar-refractivity contribution < 1.29 is 0 Å². The second-order valence-electron chi connectivity index (χ2n) is 4.78. The van der Waals surface area contributed by atoms with Gasteiger partial charge in [-0.25, -0.2) is 4.98 Å². The molecule has 0 radical (unpaired) electrons. The van der Waals surface area contributed by atoms with E-state index in [-0.39, 0.29) is 5.56 Å². The quantitative estimate of drug-likeness (QED) is 0.843. The molecule has 0 N–H and O–H groups in total. The average molecular weight is 256 g/mol. The maximum Gasteiger partial charge on any atom is 0.256 e. The molecule has 19 heavy (non-hydrogen) atoms. The van der Waals surface area contributed by atoms with Crippen LogP contribution in [0.4, 0.5) is 0 Å². The molecule has 0 saturated heterocycles. The third-order valence-corrected chi connectivity index (χ3v) is 3.50. The summed E-state index contributed by atoms with van der Waals surface area (Å²) >= 11 is 0. The van der Waals surface area contributed by atoms with Gasteiger partial charge in [0.2, 0.25) is 0 Å². The Morgan fingerprint density at radius 2 is 1.84 bits per heavy atom. The fourth-order valence-electron chi connectivity index (χ4n) is 2.20. The third-order valence-electron chi connectivity index (χ3n) is 3.50. The molecule has 0 aliphatic heterocycles. The first kappa shape index (κ1) is 13.5. The third kappa shape index (κ3) is 2.92. The van der Waals surface area contributed by atoms with Crippen LogP contribution in [-0.2, 0) is 19.4 Å². The molecule has 0 aliphatic rings. The molecular formula is C16H20N2O. The summed E-state index contributed by atoms with van der Waals surface area (Å²) in [5.41, 5.74) is 2.94. The normalized spacial score (nSPS) is 10.7. The second-order valence-corrected chi connectivity index (χ2v) is 4.78. The maximum atomic E-state index is 12.3. The van der Waals surface area contributed by atoms with Crippen molar-refractivity contribution in [3.8, 4) is 0 Å². The van der Waals surface area contributed by atoms with Gasteiger partial charge in [-0.05, 0) is 25.8 Å². The highest BCUT2D eigenvalue weighted by Gasteiger charge is 2.09. The maximum absolute atomic E-state index is 12.3. The standard InChI is InChI=1S/C16H20N2O/c1-4-15-17-13(3)12(2)16(19)18(15)11-10-14-8-6-5-7-9-14/h5-9H,4,10-11H2,1-3H3. The van der Waals surface area contributed by atoms with Crippen molar-refractivity contribution in [1.29, 1.82) is 0 Å². The number of aromatic nitrogens is 2. The molecule has 100 valence electrons. The zero-order valence-corrected chi connectivity index (χ0v) is 11.8. The van der Waals surface area contributed by atoms with Gasteiger partial charge < -0.3 is 0 Å². The number of aryl methyl sites for hydroxylation is 3. The van der Waals surface area contributed by atoms with Crippen LogP contribution in [0.1, 0.15) is 29.6 Å². The molecule has 0 spiro atoms. The monoisotopic (exact) mass is 256 g/mol. The van der Waals surface area contributed by atoms with Gasteiger partial charge in [0, 0.05) is 24.2 Å². The highest BCUT2D eigenvalue weighted by Crippen LogP contribution is 2.05. The zero-order valence-electron chi connectivity index (χ0n) is 11.8. The Hall–Kier alpha value is -1.90. The topological polar surface area (TPSA) is 34.9 Å². The summed E-state index contributed by atoms with van der Waals surface area (Å²) in [4.78, 5) is 16.8. The highest BCUT2D eigenvalue weighted by molar-refractivity contribution is 5.17. The molecule has 0 fully saturated rings. The van der Waals surface area contributed by atoms with E-state index >= 15 is 0 Å². The van der Waals surface area contributed by atoms with E-state index in [2.05, 4.69) is 17.1 Å². The Labute approximate surface area is 113 Å². The SMILES string of the molecule is CCc1nc(C)c(C)c(=O)n1CCc1ccccc1. The summed E-state index contributed by atoms with van der Waals surface area (Å²) in [7, 11) is 0. The van der Waals surface area contributed by atoms with Crippen LogP contribution in [0.5, 0.6) is 0 Å². The van der Waals surface area contributed by atoms with Crippen molar-refractivity contribution in [2.75, 3.05) is 0 Å². The van der Waals surface area contributed by atoms with Gasteiger partial charge in [-0.2, -0.15) is 0 Å². The van der Waals surface area contributed by atoms with E-state index in [1.807, 2.05) is 43.5 Å². The fourth-order valence-corrected chi connectivity index (χ4v) is 2.20. The van der Waals surface area contributed by atoms with Crippen LogP contribution < -0.4 is 5.56 Å². The first-order valence-corrected chi connectivity index (χ1v) is 6.74. The predicted octanol–water partition coefficient (Wildman–Crippen LogP) is 2.67. The minimum Gasteiger partial charge on any atom is -0.296 e. The minimum atomic E-state index is 0.0975. The first-order chi connectivity index (χ1) is 9.13. The fraction of sp³-hybridized carbons (Fsp3) is 0.375. The molecule has 1 heterocycles. The Morgan fingerprint density at radius 3 is 2.47 bits per heavy atom. The first-order valence-electron chi connectivity index (χ1n) is 6.74. The van der Waals surface area contributed by atoms with Gasteiger partial charge in [0.25, 0.3) is 5.56 Å². The van der Waals surface area contributed by atoms with Gasteiger partial charge in [-0.3, -0.25) is 9.36 Å². The lowest BCUT2D eigenvalue weighted by atomic mass is 10.1. The van der Waals surface area contributed by atoms with Gasteiger partial charge in [0.05, 0.1) is 0 Å². The van der Waals surface area contributed by atoms with E-state index in [9.17, 15) is 4.79 Å². The van der Waals surface area contributed by atoms with Gasteiger partial charge in [0.1, 0.15) is 5.82 Å². The zero-order chi connectivity index (χ0) is 13.8. The van der Waals surface area contributed by atoms with Crippen LogP contribution in [0, 0.1) is 13.8 Å². The van der Waals surface area contributed by atoms with Crippen molar-refractivity contribution in [3.63, 3.8) is 0 Å². The van der Waals surface area contributed by atoms with Crippen LogP contribution >= 0.6 is 0 Å². The molecule has 0 bridgehead atoms. The number of rotatable bonds is 4.